The number of aryl methyl sites for hydroxylation is 1. The molecule has 2 N–H and O–H groups in total. The summed E-state index contributed by atoms with van der Waals surface area (Å²) in [6.45, 7) is 0.228. The highest BCUT2D eigenvalue weighted by Gasteiger charge is 2.08. The van der Waals surface area contributed by atoms with Gasteiger partial charge in [0.1, 0.15) is 5.75 Å². The van der Waals surface area contributed by atoms with Crippen LogP contribution in [0.3, 0.4) is 0 Å². The Labute approximate surface area is 167 Å². The van der Waals surface area contributed by atoms with Gasteiger partial charge in [-0.25, -0.2) is 4.68 Å². The molecule has 0 bridgehead atoms. The highest BCUT2D eigenvalue weighted by molar-refractivity contribution is 6.30. The Bertz CT molecular complexity index is 1100. The molecule has 2 heterocycles. The van der Waals surface area contributed by atoms with Crippen molar-refractivity contribution in [2.45, 2.75) is 19.6 Å². The van der Waals surface area contributed by atoms with E-state index in [0.717, 1.165) is 16.5 Å². The van der Waals surface area contributed by atoms with Crippen LogP contribution < -0.4 is 10.1 Å². The smallest absolute Gasteiger partial charge is 0.224 e. The Balaban J connectivity index is 1.29. The van der Waals surface area contributed by atoms with Crippen molar-refractivity contribution in [3.63, 3.8) is 0 Å². The van der Waals surface area contributed by atoms with Crippen molar-refractivity contribution in [1.82, 2.24) is 14.8 Å². The highest BCUT2D eigenvalue weighted by atomic mass is 35.5. The number of nitrogens with zero attached hydrogens (tertiary/aromatic N) is 2. The van der Waals surface area contributed by atoms with Crippen molar-refractivity contribution in [2.75, 3.05) is 5.32 Å². The van der Waals surface area contributed by atoms with Crippen molar-refractivity contribution < 1.29 is 9.53 Å². The summed E-state index contributed by atoms with van der Waals surface area (Å²) in [4.78, 5) is 15.5. The van der Waals surface area contributed by atoms with Crippen molar-refractivity contribution in [2.24, 2.45) is 0 Å². The molecule has 0 radical (unpaired) electrons. The largest absolute Gasteiger partial charge is 0.471 e. The summed E-state index contributed by atoms with van der Waals surface area (Å²) in [5.41, 5.74) is 2.86. The standard InChI is InChI=1S/C21H19ClN4O2/c22-16-4-3-5-18(10-16)28-14-26-13-17(12-24-26)25-21(27)9-8-15-11-23-20-7-2-1-6-19(15)20/h1-7,10-13,23H,8-9,14H2,(H,25,27). The van der Waals surface area contributed by atoms with E-state index in [1.807, 2.05) is 36.5 Å². The Morgan fingerprint density at radius 1 is 1.21 bits per heavy atom. The van der Waals surface area contributed by atoms with Crippen molar-refractivity contribution >= 4 is 34.1 Å². The molecular formula is C21H19ClN4O2. The van der Waals surface area contributed by atoms with E-state index in [0.29, 0.717) is 29.3 Å². The number of ether oxygens (including phenoxy) is 1. The molecule has 0 fully saturated rings. The minimum absolute atomic E-state index is 0.0550. The third-order valence-electron chi connectivity index (χ3n) is 4.37. The lowest BCUT2D eigenvalue weighted by Gasteiger charge is -2.06. The van der Waals surface area contributed by atoms with Gasteiger partial charge in [0.2, 0.25) is 5.91 Å². The molecule has 142 valence electrons. The molecule has 0 aliphatic carbocycles. The first-order chi connectivity index (χ1) is 13.7. The Morgan fingerprint density at radius 3 is 3.00 bits per heavy atom. The Morgan fingerprint density at radius 2 is 2.11 bits per heavy atom. The van der Waals surface area contributed by atoms with Crippen molar-refractivity contribution in [3.8, 4) is 5.75 Å². The third-order valence-corrected chi connectivity index (χ3v) is 4.61. The van der Waals surface area contributed by atoms with Crippen molar-refractivity contribution in [3.05, 3.63) is 77.7 Å². The predicted octanol–water partition coefficient (Wildman–Crippen LogP) is 4.63. The fourth-order valence-corrected chi connectivity index (χ4v) is 3.19. The van der Waals surface area contributed by atoms with Gasteiger partial charge in [0.25, 0.3) is 0 Å². The maximum atomic E-state index is 12.3. The molecule has 0 spiro atoms. The van der Waals surface area contributed by atoms with E-state index in [1.165, 1.54) is 0 Å². The van der Waals surface area contributed by atoms with Crippen LogP contribution in [0.1, 0.15) is 12.0 Å². The normalized spacial score (nSPS) is 10.9. The molecule has 0 unspecified atom stereocenters. The molecule has 2 aromatic heterocycles. The van der Waals surface area contributed by atoms with E-state index >= 15 is 0 Å². The zero-order chi connectivity index (χ0) is 19.3. The number of rotatable bonds is 7. The maximum Gasteiger partial charge on any atom is 0.224 e. The van der Waals surface area contributed by atoms with Crippen LogP contribution >= 0.6 is 11.6 Å². The van der Waals surface area contributed by atoms with Gasteiger partial charge in [-0.1, -0.05) is 35.9 Å². The number of amides is 1. The van der Waals surface area contributed by atoms with Gasteiger partial charge in [-0.3, -0.25) is 4.79 Å². The van der Waals surface area contributed by atoms with Crippen LogP contribution in [0, 0.1) is 0 Å². The fraction of sp³-hybridized carbons (Fsp3) is 0.143. The van der Waals surface area contributed by atoms with Gasteiger partial charge in [-0.05, 0) is 36.2 Å². The first kappa shape index (κ1) is 18.1. The van der Waals surface area contributed by atoms with E-state index in [2.05, 4.69) is 21.5 Å². The molecule has 0 aliphatic rings. The zero-order valence-electron chi connectivity index (χ0n) is 15.1. The number of aromatic amines is 1. The van der Waals surface area contributed by atoms with Gasteiger partial charge >= 0.3 is 0 Å². The quantitative estimate of drug-likeness (QED) is 0.480. The molecule has 0 atom stereocenters. The second kappa shape index (κ2) is 8.19. The minimum Gasteiger partial charge on any atom is -0.471 e. The summed E-state index contributed by atoms with van der Waals surface area (Å²) >= 11 is 5.93. The number of aromatic nitrogens is 3. The topological polar surface area (TPSA) is 71.9 Å². The van der Waals surface area contributed by atoms with E-state index in [4.69, 9.17) is 16.3 Å². The molecule has 28 heavy (non-hydrogen) atoms. The molecular weight excluding hydrogens is 376 g/mol. The fourth-order valence-electron chi connectivity index (χ4n) is 3.01. The van der Waals surface area contributed by atoms with Crippen LogP contribution in [-0.4, -0.2) is 20.7 Å². The zero-order valence-corrected chi connectivity index (χ0v) is 15.8. The summed E-state index contributed by atoms with van der Waals surface area (Å²) in [5, 5.41) is 8.83. The number of hydrogen-bond acceptors (Lipinski definition) is 3. The second-order valence-electron chi connectivity index (χ2n) is 6.41. The van der Waals surface area contributed by atoms with E-state index in [-0.39, 0.29) is 12.6 Å². The summed E-state index contributed by atoms with van der Waals surface area (Å²) < 4.78 is 7.24. The molecule has 7 heteroatoms. The lowest BCUT2D eigenvalue weighted by Crippen LogP contribution is -2.12. The minimum atomic E-state index is -0.0550. The predicted molar refractivity (Wildman–Crippen MR) is 110 cm³/mol. The Hall–Kier alpha value is -3.25. The van der Waals surface area contributed by atoms with Gasteiger partial charge in [-0.2, -0.15) is 5.10 Å². The maximum absolute atomic E-state index is 12.3. The van der Waals surface area contributed by atoms with Crippen molar-refractivity contribution in [1.29, 1.82) is 0 Å². The number of para-hydroxylation sites is 1. The average molecular weight is 395 g/mol. The van der Waals surface area contributed by atoms with Crippen LogP contribution in [-0.2, 0) is 17.9 Å². The number of fused-ring (bicyclic) bond motifs is 1. The van der Waals surface area contributed by atoms with Crippen LogP contribution in [0.25, 0.3) is 10.9 Å². The molecule has 1 amide bonds. The van der Waals surface area contributed by atoms with Crippen LogP contribution in [0.4, 0.5) is 5.69 Å². The van der Waals surface area contributed by atoms with Gasteiger partial charge < -0.3 is 15.0 Å². The monoisotopic (exact) mass is 394 g/mol. The summed E-state index contributed by atoms with van der Waals surface area (Å²) in [6.07, 6.45) is 6.36. The van der Waals surface area contributed by atoms with Gasteiger partial charge in [0.05, 0.1) is 18.1 Å². The molecule has 0 aliphatic heterocycles. The number of benzene rings is 2. The first-order valence-corrected chi connectivity index (χ1v) is 9.31. The van der Waals surface area contributed by atoms with E-state index in [1.54, 1.807) is 29.2 Å². The van der Waals surface area contributed by atoms with E-state index in [9.17, 15) is 4.79 Å². The summed E-state index contributed by atoms with van der Waals surface area (Å²) in [7, 11) is 0. The van der Waals surface area contributed by atoms with Crippen LogP contribution in [0.2, 0.25) is 5.02 Å². The molecule has 4 aromatic rings. The number of carbonyl (C=O) groups is 1. The average Bonchev–Trinajstić information content (AvgIpc) is 3.31. The first-order valence-electron chi connectivity index (χ1n) is 8.93. The lowest BCUT2D eigenvalue weighted by atomic mass is 10.1. The van der Waals surface area contributed by atoms with Crippen LogP contribution in [0.5, 0.6) is 5.75 Å². The SMILES string of the molecule is O=C(CCc1c[nH]c2ccccc12)Nc1cnn(COc2cccc(Cl)c2)c1. The van der Waals surface area contributed by atoms with E-state index < -0.39 is 0 Å². The lowest BCUT2D eigenvalue weighted by molar-refractivity contribution is -0.116. The summed E-state index contributed by atoms with van der Waals surface area (Å²) in [6, 6.07) is 15.2. The number of anilines is 1. The second-order valence-corrected chi connectivity index (χ2v) is 6.84. The molecule has 4 rings (SSSR count). The third kappa shape index (κ3) is 4.35. The molecule has 0 saturated carbocycles. The van der Waals surface area contributed by atoms with Crippen LogP contribution in [0.15, 0.2) is 67.1 Å². The number of hydrogen-bond donors (Lipinski definition) is 2. The molecule has 0 saturated heterocycles. The number of halogens is 1. The number of H-pyrrole nitrogens is 1. The number of carbonyl (C=O) groups excluding carboxylic acids is 1. The summed E-state index contributed by atoms with van der Waals surface area (Å²) in [5.74, 6) is 0.605. The number of nitrogens with one attached hydrogen (secondary N) is 2. The molecule has 2 aromatic carbocycles. The highest BCUT2D eigenvalue weighted by Crippen LogP contribution is 2.20. The van der Waals surface area contributed by atoms with Gasteiger partial charge in [0.15, 0.2) is 6.73 Å². The Kier molecular flexibility index (Phi) is 5.30. The molecule has 6 nitrogen and oxygen atoms in total. The van der Waals surface area contributed by atoms with Gasteiger partial charge in [0, 0.05) is 28.5 Å². The van der Waals surface area contributed by atoms with Gasteiger partial charge in [-0.15, -0.1) is 0 Å².